The summed E-state index contributed by atoms with van der Waals surface area (Å²) in [5.74, 6) is 0.744. The van der Waals surface area contributed by atoms with Crippen molar-refractivity contribution in [2.75, 3.05) is 11.9 Å². The summed E-state index contributed by atoms with van der Waals surface area (Å²) < 4.78 is 8.49. The largest absolute Gasteiger partial charge is 0.494 e. The molecule has 0 aliphatic carbocycles. The van der Waals surface area contributed by atoms with E-state index < -0.39 is 5.69 Å². The molecule has 0 bridgehead atoms. The standard InChI is InChI=1S/C21H25N3O4S/c1-4-28-16-7-5-15(6-8-16)22-18(25)13-24-17-10-12-29-19(17)20(26)23(21(24)27)11-9-14(2)3/h5-8,10,12,14H,4,9,11,13H2,1-3H3,(H,22,25). The molecule has 29 heavy (non-hydrogen) atoms. The van der Waals surface area contributed by atoms with Gasteiger partial charge in [-0.25, -0.2) is 4.79 Å². The lowest BCUT2D eigenvalue weighted by Crippen LogP contribution is -2.41. The second kappa shape index (κ2) is 9.09. The van der Waals surface area contributed by atoms with Gasteiger partial charge in [-0.1, -0.05) is 13.8 Å². The van der Waals surface area contributed by atoms with Gasteiger partial charge in [-0.15, -0.1) is 11.3 Å². The quantitative estimate of drug-likeness (QED) is 0.612. The summed E-state index contributed by atoms with van der Waals surface area (Å²) in [6, 6.07) is 8.74. The Morgan fingerprint density at radius 3 is 2.52 bits per heavy atom. The molecule has 154 valence electrons. The van der Waals surface area contributed by atoms with Crippen LogP contribution in [0.1, 0.15) is 27.2 Å². The van der Waals surface area contributed by atoms with Crippen LogP contribution in [0.25, 0.3) is 10.2 Å². The Labute approximate surface area is 172 Å². The van der Waals surface area contributed by atoms with Gasteiger partial charge in [-0.3, -0.25) is 18.7 Å². The number of aromatic nitrogens is 2. The minimum absolute atomic E-state index is 0.165. The van der Waals surface area contributed by atoms with E-state index in [1.807, 2.05) is 20.8 Å². The first-order chi connectivity index (χ1) is 13.9. The average molecular weight is 416 g/mol. The number of carbonyl (C=O) groups is 1. The summed E-state index contributed by atoms with van der Waals surface area (Å²) in [7, 11) is 0. The number of rotatable bonds is 8. The highest BCUT2D eigenvalue weighted by Crippen LogP contribution is 2.17. The lowest BCUT2D eigenvalue weighted by Gasteiger charge is -2.13. The number of hydrogen-bond donors (Lipinski definition) is 1. The van der Waals surface area contributed by atoms with E-state index in [9.17, 15) is 14.4 Å². The number of hydrogen-bond acceptors (Lipinski definition) is 5. The summed E-state index contributed by atoms with van der Waals surface area (Å²) in [5.41, 5.74) is 0.362. The molecule has 0 spiro atoms. The lowest BCUT2D eigenvalue weighted by molar-refractivity contribution is -0.116. The molecule has 0 saturated heterocycles. The lowest BCUT2D eigenvalue weighted by atomic mass is 10.1. The summed E-state index contributed by atoms with van der Waals surface area (Å²) >= 11 is 1.28. The van der Waals surface area contributed by atoms with E-state index in [2.05, 4.69) is 5.32 Å². The number of benzene rings is 1. The monoisotopic (exact) mass is 415 g/mol. The molecule has 1 aromatic carbocycles. The van der Waals surface area contributed by atoms with Crippen LogP contribution >= 0.6 is 11.3 Å². The van der Waals surface area contributed by atoms with Crippen LogP contribution in [0.3, 0.4) is 0 Å². The highest BCUT2D eigenvalue weighted by Gasteiger charge is 2.16. The number of anilines is 1. The van der Waals surface area contributed by atoms with Crippen LogP contribution in [-0.4, -0.2) is 21.6 Å². The van der Waals surface area contributed by atoms with Gasteiger partial charge in [0.2, 0.25) is 5.91 Å². The van der Waals surface area contributed by atoms with Crippen LogP contribution in [0.2, 0.25) is 0 Å². The first-order valence-electron chi connectivity index (χ1n) is 9.64. The minimum Gasteiger partial charge on any atom is -0.494 e. The molecule has 2 heterocycles. The molecular weight excluding hydrogens is 390 g/mol. The molecular formula is C21H25N3O4S. The summed E-state index contributed by atoms with van der Waals surface area (Å²) in [6.45, 7) is 6.72. The molecule has 2 aromatic heterocycles. The van der Waals surface area contributed by atoms with Gasteiger partial charge in [-0.2, -0.15) is 0 Å². The van der Waals surface area contributed by atoms with Crippen molar-refractivity contribution in [3.05, 3.63) is 56.5 Å². The molecule has 0 aliphatic rings. The van der Waals surface area contributed by atoms with Gasteiger partial charge < -0.3 is 10.1 Å². The Morgan fingerprint density at radius 1 is 1.14 bits per heavy atom. The molecule has 8 heteroatoms. The second-order valence-corrected chi connectivity index (χ2v) is 8.06. The van der Waals surface area contributed by atoms with E-state index in [-0.39, 0.29) is 18.0 Å². The Kier molecular flexibility index (Phi) is 6.53. The van der Waals surface area contributed by atoms with Crippen LogP contribution < -0.4 is 21.3 Å². The molecule has 0 radical (unpaired) electrons. The molecule has 1 amide bonds. The predicted molar refractivity (Wildman–Crippen MR) is 116 cm³/mol. The highest BCUT2D eigenvalue weighted by atomic mass is 32.1. The molecule has 7 nitrogen and oxygen atoms in total. The first-order valence-corrected chi connectivity index (χ1v) is 10.5. The number of nitrogens with zero attached hydrogens (tertiary/aromatic N) is 2. The number of thiophene rings is 1. The zero-order valence-electron chi connectivity index (χ0n) is 16.8. The summed E-state index contributed by atoms with van der Waals surface area (Å²) in [5, 5.41) is 4.55. The van der Waals surface area contributed by atoms with Gasteiger partial charge in [0, 0.05) is 12.2 Å². The maximum absolute atomic E-state index is 13.0. The third kappa shape index (κ3) is 4.76. The van der Waals surface area contributed by atoms with Crippen LogP contribution in [-0.2, 0) is 17.9 Å². The topological polar surface area (TPSA) is 82.3 Å². The van der Waals surface area contributed by atoms with Crippen molar-refractivity contribution < 1.29 is 9.53 Å². The highest BCUT2D eigenvalue weighted by molar-refractivity contribution is 7.17. The SMILES string of the molecule is CCOc1ccc(NC(=O)Cn2c(=O)n(CCC(C)C)c(=O)c3sccc32)cc1. The number of nitrogens with one attached hydrogen (secondary N) is 1. The first kappa shape index (κ1) is 20.9. The van der Waals surface area contributed by atoms with Crippen LogP contribution in [0.15, 0.2) is 45.3 Å². The van der Waals surface area contributed by atoms with Gasteiger partial charge in [0.1, 0.15) is 17.0 Å². The van der Waals surface area contributed by atoms with Gasteiger partial charge >= 0.3 is 5.69 Å². The second-order valence-electron chi connectivity index (χ2n) is 7.15. The fraction of sp³-hybridized carbons (Fsp3) is 0.381. The minimum atomic E-state index is -0.455. The Bertz CT molecular complexity index is 1110. The fourth-order valence-electron chi connectivity index (χ4n) is 3.02. The van der Waals surface area contributed by atoms with E-state index in [1.165, 1.54) is 20.5 Å². The Morgan fingerprint density at radius 2 is 1.86 bits per heavy atom. The predicted octanol–water partition coefficient (Wildman–Crippen LogP) is 3.31. The number of amides is 1. The van der Waals surface area contributed by atoms with Crippen molar-refractivity contribution in [2.24, 2.45) is 5.92 Å². The molecule has 0 fully saturated rings. The molecule has 0 atom stereocenters. The number of carbonyl (C=O) groups excluding carboxylic acids is 1. The van der Waals surface area contributed by atoms with Gasteiger partial charge in [0.05, 0.1) is 12.1 Å². The van der Waals surface area contributed by atoms with Crippen LogP contribution in [0, 0.1) is 5.92 Å². The zero-order valence-corrected chi connectivity index (χ0v) is 17.6. The van der Waals surface area contributed by atoms with E-state index in [1.54, 1.807) is 35.7 Å². The molecule has 1 N–H and O–H groups in total. The number of ether oxygens (including phenoxy) is 1. The van der Waals surface area contributed by atoms with Crippen LogP contribution in [0.5, 0.6) is 5.75 Å². The van der Waals surface area contributed by atoms with Crippen molar-refractivity contribution >= 4 is 33.1 Å². The molecule has 0 unspecified atom stereocenters. The van der Waals surface area contributed by atoms with Crippen LogP contribution in [0.4, 0.5) is 5.69 Å². The molecule has 0 saturated carbocycles. The molecule has 3 aromatic rings. The third-order valence-electron chi connectivity index (χ3n) is 4.52. The van der Waals surface area contributed by atoms with E-state index in [0.717, 1.165) is 5.75 Å². The molecule has 3 rings (SSSR count). The fourth-order valence-corrected chi connectivity index (χ4v) is 3.86. The van der Waals surface area contributed by atoms with Gasteiger partial charge in [0.15, 0.2) is 0 Å². The van der Waals surface area contributed by atoms with Crippen molar-refractivity contribution in [1.29, 1.82) is 0 Å². The van der Waals surface area contributed by atoms with E-state index >= 15 is 0 Å². The number of fused-ring (bicyclic) bond motifs is 1. The maximum atomic E-state index is 13.0. The Hall–Kier alpha value is -2.87. The van der Waals surface area contributed by atoms with Gasteiger partial charge in [-0.05, 0) is 55.0 Å². The smallest absolute Gasteiger partial charge is 0.332 e. The van der Waals surface area contributed by atoms with Gasteiger partial charge in [0.25, 0.3) is 5.56 Å². The summed E-state index contributed by atoms with van der Waals surface area (Å²) in [6.07, 6.45) is 0.713. The Balaban J connectivity index is 1.86. The average Bonchev–Trinajstić information content (AvgIpc) is 3.16. The summed E-state index contributed by atoms with van der Waals surface area (Å²) in [4.78, 5) is 38.2. The maximum Gasteiger partial charge on any atom is 0.332 e. The van der Waals surface area contributed by atoms with Crippen molar-refractivity contribution in [3.8, 4) is 5.75 Å². The van der Waals surface area contributed by atoms with Crippen molar-refractivity contribution in [1.82, 2.24) is 9.13 Å². The zero-order chi connectivity index (χ0) is 21.0. The third-order valence-corrected chi connectivity index (χ3v) is 5.41. The van der Waals surface area contributed by atoms with Crippen molar-refractivity contribution in [2.45, 2.75) is 40.3 Å². The van der Waals surface area contributed by atoms with E-state index in [4.69, 9.17) is 4.74 Å². The van der Waals surface area contributed by atoms with Crippen molar-refractivity contribution in [3.63, 3.8) is 0 Å². The molecule has 0 aliphatic heterocycles. The normalized spacial score (nSPS) is 11.2. The van der Waals surface area contributed by atoms with E-state index in [0.29, 0.717) is 41.4 Å².